The van der Waals surface area contributed by atoms with Gasteiger partial charge in [0.1, 0.15) is 11.5 Å². The molecule has 2 aliphatic heterocycles. The summed E-state index contributed by atoms with van der Waals surface area (Å²) in [6.45, 7) is 14.1. The van der Waals surface area contributed by atoms with E-state index < -0.39 is 11.7 Å². The van der Waals surface area contributed by atoms with Crippen LogP contribution in [0.1, 0.15) is 102 Å². The first-order valence-electron chi connectivity index (χ1n) is 17.5. The zero-order chi connectivity index (χ0) is 35.6. The summed E-state index contributed by atoms with van der Waals surface area (Å²) in [5.41, 5.74) is 11.5. The average Bonchev–Trinajstić information content (AvgIpc) is 3.97. The Morgan fingerprint density at radius 2 is 1.56 bits per heavy atom. The number of likely N-dealkylation sites (tertiary alicyclic amines) is 2. The van der Waals surface area contributed by atoms with Gasteiger partial charge in [-0.25, -0.2) is 4.39 Å². The van der Waals surface area contributed by atoms with Gasteiger partial charge in [0.25, 0.3) is 5.91 Å². The van der Waals surface area contributed by atoms with Gasteiger partial charge in [-0.2, -0.15) is 5.10 Å². The summed E-state index contributed by atoms with van der Waals surface area (Å²) in [5, 5.41) is 6.65. The summed E-state index contributed by atoms with van der Waals surface area (Å²) < 4.78 is 16.3. The van der Waals surface area contributed by atoms with Gasteiger partial charge < -0.3 is 26.6 Å². The largest absolute Gasteiger partial charge is 0.370 e. The molecule has 5 N–H and O–H groups in total. The molecule has 48 heavy (non-hydrogen) atoms. The number of primary amides is 2. The van der Waals surface area contributed by atoms with Gasteiger partial charge >= 0.3 is 0 Å². The maximum Gasteiger partial charge on any atom is 0.266 e. The van der Waals surface area contributed by atoms with Crippen molar-refractivity contribution in [1.82, 2.24) is 19.6 Å². The zero-order valence-electron chi connectivity index (χ0n) is 29.6. The first-order chi connectivity index (χ1) is 22.8. The highest BCUT2D eigenvalue weighted by molar-refractivity contribution is 5.91. The number of nitrogens with one attached hydrogen (secondary N) is 1. The summed E-state index contributed by atoms with van der Waals surface area (Å²) in [7, 11) is 2.11. The van der Waals surface area contributed by atoms with Crippen LogP contribution < -0.4 is 16.8 Å². The van der Waals surface area contributed by atoms with Crippen molar-refractivity contribution in [3.05, 3.63) is 47.5 Å². The summed E-state index contributed by atoms with van der Waals surface area (Å²) >= 11 is 0. The number of nitrogens with two attached hydrogens (primary N) is 2. The number of carbonyl (C=O) groups is 4. The molecule has 3 heterocycles. The Morgan fingerprint density at radius 1 is 0.979 bits per heavy atom. The van der Waals surface area contributed by atoms with E-state index in [1.165, 1.54) is 31.7 Å². The van der Waals surface area contributed by atoms with Crippen LogP contribution in [-0.2, 0) is 20.9 Å². The Labute approximate surface area is 285 Å². The van der Waals surface area contributed by atoms with E-state index in [1.54, 1.807) is 29.9 Å². The lowest BCUT2D eigenvalue weighted by Crippen LogP contribution is -2.72. The number of rotatable bonds is 11. The number of carbonyl (C=O) groups excluding carboxylic acids is 4. The maximum atomic E-state index is 14.7. The fraction of sp³-hybridized carbons (Fsp3) is 0.639. The minimum Gasteiger partial charge on any atom is -0.370 e. The highest BCUT2D eigenvalue weighted by Gasteiger charge is 2.51. The van der Waals surface area contributed by atoms with Crippen molar-refractivity contribution in [2.75, 3.05) is 38.5 Å². The zero-order valence-corrected chi connectivity index (χ0v) is 29.6. The number of amides is 4. The van der Waals surface area contributed by atoms with Crippen molar-refractivity contribution in [3.63, 3.8) is 0 Å². The van der Waals surface area contributed by atoms with Gasteiger partial charge in [-0.1, -0.05) is 33.8 Å². The molecule has 0 bridgehead atoms. The molecule has 1 spiro atoms. The molecule has 0 radical (unpaired) electrons. The molecule has 2 aromatic rings. The molecule has 2 aliphatic carbocycles. The second kappa shape index (κ2) is 17.6. The van der Waals surface area contributed by atoms with Crippen molar-refractivity contribution in [1.29, 1.82) is 0 Å². The van der Waals surface area contributed by atoms with Crippen molar-refractivity contribution in [2.45, 2.75) is 92.0 Å². The van der Waals surface area contributed by atoms with E-state index in [9.17, 15) is 23.6 Å². The molecule has 6 rings (SSSR count). The van der Waals surface area contributed by atoms with Crippen LogP contribution in [0.15, 0.2) is 30.5 Å². The van der Waals surface area contributed by atoms with E-state index in [0.717, 1.165) is 31.7 Å². The van der Waals surface area contributed by atoms with Gasteiger partial charge in [-0.3, -0.25) is 23.9 Å². The van der Waals surface area contributed by atoms with Gasteiger partial charge in [-0.15, -0.1) is 0 Å². The highest BCUT2D eigenvalue weighted by Crippen LogP contribution is 2.50. The lowest BCUT2D eigenvalue weighted by molar-refractivity contribution is -0.156. The summed E-state index contributed by atoms with van der Waals surface area (Å²) in [6.07, 6.45) is 7.86. The van der Waals surface area contributed by atoms with Crippen LogP contribution in [0.3, 0.4) is 0 Å². The first kappa shape index (κ1) is 38.6. The Hall–Kier alpha value is -3.80. The predicted molar refractivity (Wildman–Crippen MR) is 185 cm³/mol. The predicted octanol–water partition coefficient (Wildman–Crippen LogP) is 4.77. The third-order valence-corrected chi connectivity index (χ3v) is 9.43. The van der Waals surface area contributed by atoms with Gasteiger partial charge in [0, 0.05) is 63.6 Å². The molecule has 2 saturated heterocycles. The van der Waals surface area contributed by atoms with E-state index in [2.05, 4.69) is 28.1 Å². The molecule has 1 atom stereocenters. The molecule has 2 saturated carbocycles. The third kappa shape index (κ3) is 10.9. The Bertz CT molecular complexity index is 1380. The van der Waals surface area contributed by atoms with Crippen LogP contribution in [0.25, 0.3) is 0 Å². The molecule has 4 fully saturated rings. The highest BCUT2D eigenvalue weighted by atomic mass is 19.1. The van der Waals surface area contributed by atoms with E-state index in [4.69, 9.17) is 5.73 Å². The molecule has 1 unspecified atom stereocenters. The number of aryl methyl sites for hydroxylation is 1. The number of halogens is 1. The smallest absolute Gasteiger partial charge is 0.266 e. The molecule has 1 aromatic carbocycles. The second-order valence-electron chi connectivity index (χ2n) is 13.6. The molecular weight excluding hydrogens is 613 g/mol. The van der Waals surface area contributed by atoms with Crippen molar-refractivity contribution >= 4 is 29.3 Å². The van der Waals surface area contributed by atoms with Gasteiger partial charge in [0.15, 0.2) is 0 Å². The number of hydrogen-bond acceptors (Lipinski definition) is 6. The molecule has 4 aliphatic rings. The van der Waals surface area contributed by atoms with Crippen LogP contribution in [-0.4, -0.2) is 76.4 Å². The van der Waals surface area contributed by atoms with Gasteiger partial charge in [0.05, 0.1) is 5.69 Å². The van der Waals surface area contributed by atoms with Crippen molar-refractivity contribution < 1.29 is 23.6 Å². The topological polar surface area (TPSA) is 157 Å². The van der Waals surface area contributed by atoms with E-state index in [0.29, 0.717) is 54.7 Å². The van der Waals surface area contributed by atoms with Crippen molar-refractivity contribution in [2.24, 2.45) is 34.6 Å². The lowest BCUT2D eigenvalue weighted by Gasteiger charge is -2.59. The molecular formula is C36H56FN7O4. The van der Waals surface area contributed by atoms with Crippen LogP contribution >= 0.6 is 0 Å². The minimum atomic E-state index is -0.431. The monoisotopic (exact) mass is 669 g/mol. The van der Waals surface area contributed by atoms with E-state index in [-0.39, 0.29) is 29.3 Å². The standard InChI is InChI=1S/C25H34FN3O2.C6H9N3O.C3H7NO.C2H6/c1-16(9-24(31)29-14-25(15-29)12-28(2)13-25)19-7-8-22(21(26)10-19)27-23(30)11-20(17-3-4-17)18-5-6-18;1-2-9-5(6(7)10)3-4-8-9;1-2-3(4)5;1-2/h7-8,10,16-18,20H,3-6,9,11-15H2,1-2H3,(H,27,30);3-4H,2H2,1H3,(H2,7,10);2H2,1H3,(H2,4,5);1-2H3. The van der Waals surface area contributed by atoms with Gasteiger partial charge in [-0.05, 0) is 87.1 Å². The quantitative estimate of drug-likeness (QED) is 0.313. The SMILES string of the molecule is CC.CC(CC(=O)N1CC2(CN(C)C2)C1)c1ccc(NC(=O)CC(C2CC2)C2CC2)c(F)c1.CCC(N)=O.CCn1nccc1C(N)=O. The lowest BCUT2D eigenvalue weighted by atomic mass is 9.73. The molecule has 4 amide bonds. The second-order valence-corrected chi connectivity index (χ2v) is 13.6. The average molecular weight is 670 g/mol. The van der Waals surface area contributed by atoms with Crippen LogP contribution in [0.2, 0.25) is 0 Å². The number of benzene rings is 1. The Morgan fingerprint density at radius 3 is 2.00 bits per heavy atom. The Balaban J connectivity index is 0.000000305. The number of aromatic nitrogens is 2. The first-order valence-corrected chi connectivity index (χ1v) is 17.5. The molecule has 266 valence electrons. The molecule has 1 aromatic heterocycles. The minimum absolute atomic E-state index is 0.0542. The summed E-state index contributed by atoms with van der Waals surface area (Å²) in [4.78, 5) is 49.5. The molecule has 12 heteroatoms. The van der Waals surface area contributed by atoms with Gasteiger partial charge in [0.2, 0.25) is 17.7 Å². The third-order valence-electron chi connectivity index (χ3n) is 9.43. The molecule has 11 nitrogen and oxygen atoms in total. The number of nitrogens with zero attached hydrogens (tertiary/aromatic N) is 4. The Kier molecular flexibility index (Phi) is 14.1. The van der Waals surface area contributed by atoms with Crippen LogP contribution in [0, 0.1) is 29.0 Å². The van der Waals surface area contributed by atoms with Crippen LogP contribution in [0.5, 0.6) is 0 Å². The normalized spacial score (nSPS) is 18.0. The number of anilines is 1. The van der Waals surface area contributed by atoms with Crippen LogP contribution in [0.4, 0.5) is 10.1 Å². The van der Waals surface area contributed by atoms with E-state index >= 15 is 0 Å². The fourth-order valence-corrected chi connectivity index (χ4v) is 6.66. The van der Waals surface area contributed by atoms with Crippen molar-refractivity contribution in [3.8, 4) is 0 Å². The summed E-state index contributed by atoms with van der Waals surface area (Å²) in [5.74, 6) is 0.814. The fourth-order valence-electron chi connectivity index (χ4n) is 6.66. The maximum absolute atomic E-state index is 14.7. The number of hydrogen-bond donors (Lipinski definition) is 3. The summed E-state index contributed by atoms with van der Waals surface area (Å²) in [6, 6.07) is 6.57. The van der Waals surface area contributed by atoms with E-state index in [1.807, 2.05) is 38.7 Å².